The van der Waals surface area contributed by atoms with Gasteiger partial charge in [0.2, 0.25) is 0 Å². The molecule has 1 fully saturated rings. The Balaban J connectivity index is 2.29. The Hall–Kier alpha value is -1.71. The maximum Gasteiger partial charge on any atom is 0.340 e. The summed E-state index contributed by atoms with van der Waals surface area (Å²) in [6.07, 6.45) is 4.91. The van der Waals surface area contributed by atoms with Crippen LogP contribution in [-0.4, -0.2) is 26.2 Å². The summed E-state index contributed by atoms with van der Waals surface area (Å²) < 4.78 is 4.75. The van der Waals surface area contributed by atoms with Gasteiger partial charge in [-0.1, -0.05) is 18.9 Å². The van der Waals surface area contributed by atoms with Gasteiger partial charge < -0.3 is 15.4 Å². The summed E-state index contributed by atoms with van der Waals surface area (Å²) in [5, 5.41) is 0. The number of nitrogen functional groups attached to an aromatic ring is 1. The molecule has 1 aromatic rings. The van der Waals surface area contributed by atoms with E-state index in [-0.39, 0.29) is 5.97 Å². The summed E-state index contributed by atoms with van der Waals surface area (Å²) in [5.74, 6) is -0.371. The Morgan fingerprint density at radius 1 is 1.22 bits per heavy atom. The lowest BCUT2D eigenvalue weighted by atomic mass is 10.1. The molecular formula is C14H20N2O2. The van der Waals surface area contributed by atoms with E-state index in [4.69, 9.17) is 10.5 Å². The molecule has 0 aliphatic carbocycles. The van der Waals surface area contributed by atoms with E-state index >= 15 is 0 Å². The Bertz CT molecular complexity index is 424. The van der Waals surface area contributed by atoms with Crippen molar-refractivity contribution in [2.45, 2.75) is 25.7 Å². The molecule has 0 radical (unpaired) electrons. The van der Waals surface area contributed by atoms with Crippen LogP contribution in [0.15, 0.2) is 18.2 Å². The van der Waals surface area contributed by atoms with Crippen LogP contribution in [0.1, 0.15) is 36.0 Å². The van der Waals surface area contributed by atoms with Crippen LogP contribution in [0.5, 0.6) is 0 Å². The molecule has 0 bridgehead atoms. The number of ether oxygens (including phenoxy) is 1. The van der Waals surface area contributed by atoms with Gasteiger partial charge >= 0.3 is 5.97 Å². The van der Waals surface area contributed by atoms with Crippen LogP contribution in [0.3, 0.4) is 0 Å². The SMILES string of the molecule is COC(=O)c1cccc(N2CCCCCC2)c1N. The van der Waals surface area contributed by atoms with Crippen molar-refractivity contribution >= 4 is 17.3 Å². The number of carbonyl (C=O) groups is 1. The monoisotopic (exact) mass is 248 g/mol. The Labute approximate surface area is 108 Å². The first kappa shape index (κ1) is 12.7. The van der Waals surface area contributed by atoms with E-state index in [2.05, 4.69) is 4.90 Å². The van der Waals surface area contributed by atoms with Gasteiger partial charge in [-0.25, -0.2) is 4.79 Å². The predicted octanol–water partition coefficient (Wildman–Crippen LogP) is 2.44. The van der Waals surface area contributed by atoms with Gasteiger partial charge in [-0.2, -0.15) is 0 Å². The van der Waals surface area contributed by atoms with Crippen molar-refractivity contribution in [3.05, 3.63) is 23.8 Å². The third-order valence-electron chi connectivity index (χ3n) is 3.44. The van der Waals surface area contributed by atoms with Crippen molar-refractivity contribution in [2.75, 3.05) is 30.8 Å². The number of esters is 1. The second kappa shape index (κ2) is 5.76. The average Bonchev–Trinajstić information content (AvgIpc) is 2.67. The van der Waals surface area contributed by atoms with Gasteiger partial charge in [-0.05, 0) is 25.0 Å². The van der Waals surface area contributed by atoms with Crippen LogP contribution in [0, 0.1) is 0 Å². The van der Waals surface area contributed by atoms with Crippen LogP contribution in [0.4, 0.5) is 11.4 Å². The first-order valence-electron chi connectivity index (χ1n) is 6.46. The summed E-state index contributed by atoms with van der Waals surface area (Å²) in [6.45, 7) is 2.02. The van der Waals surface area contributed by atoms with E-state index in [9.17, 15) is 4.79 Å². The summed E-state index contributed by atoms with van der Waals surface area (Å²) in [7, 11) is 1.38. The van der Waals surface area contributed by atoms with E-state index in [0.717, 1.165) is 18.8 Å². The molecule has 2 rings (SSSR count). The van der Waals surface area contributed by atoms with E-state index < -0.39 is 0 Å². The molecule has 1 aromatic carbocycles. The summed E-state index contributed by atoms with van der Waals surface area (Å²) in [5.41, 5.74) is 8.05. The molecule has 2 N–H and O–H groups in total. The highest BCUT2D eigenvalue weighted by Crippen LogP contribution is 2.29. The number of anilines is 2. The van der Waals surface area contributed by atoms with Crippen LogP contribution in [0.25, 0.3) is 0 Å². The number of benzene rings is 1. The van der Waals surface area contributed by atoms with E-state index in [0.29, 0.717) is 11.3 Å². The smallest absolute Gasteiger partial charge is 0.340 e. The van der Waals surface area contributed by atoms with Gasteiger partial charge in [0, 0.05) is 13.1 Å². The third kappa shape index (κ3) is 2.58. The van der Waals surface area contributed by atoms with Crippen LogP contribution in [-0.2, 0) is 4.74 Å². The molecule has 98 valence electrons. The number of methoxy groups -OCH3 is 1. The maximum absolute atomic E-state index is 11.6. The summed E-state index contributed by atoms with van der Waals surface area (Å²) >= 11 is 0. The third-order valence-corrected chi connectivity index (χ3v) is 3.44. The second-order valence-corrected chi connectivity index (χ2v) is 4.63. The largest absolute Gasteiger partial charge is 0.465 e. The zero-order chi connectivity index (χ0) is 13.0. The van der Waals surface area contributed by atoms with Gasteiger partial charge in [0.05, 0.1) is 24.0 Å². The normalized spacial score (nSPS) is 16.2. The van der Waals surface area contributed by atoms with Gasteiger partial charge in [-0.15, -0.1) is 0 Å². The lowest BCUT2D eigenvalue weighted by Crippen LogP contribution is -2.25. The summed E-state index contributed by atoms with van der Waals surface area (Å²) in [4.78, 5) is 13.9. The lowest BCUT2D eigenvalue weighted by molar-refractivity contribution is 0.0602. The van der Waals surface area contributed by atoms with Gasteiger partial charge in [0.1, 0.15) is 0 Å². The Morgan fingerprint density at radius 3 is 2.50 bits per heavy atom. The molecule has 0 unspecified atom stereocenters. The van der Waals surface area contributed by atoms with Crippen molar-refractivity contribution in [3.8, 4) is 0 Å². The van der Waals surface area contributed by atoms with Crippen LogP contribution < -0.4 is 10.6 Å². The van der Waals surface area contributed by atoms with Crippen molar-refractivity contribution in [1.82, 2.24) is 0 Å². The number of hydrogen-bond acceptors (Lipinski definition) is 4. The minimum absolute atomic E-state index is 0.371. The molecule has 0 atom stereocenters. The van der Waals surface area contributed by atoms with Gasteiger partial charge in [-0.3, -0.25) is 0 Å². The zero-order valence-electron chi connectivity index (χ0n) is 10.8. The highest BCUT2D eigenvalue weighted by atomic mass is 16.5. The first-order valence-corrected chi connectivity index (χ1v) is 6.46. The van der Waals surface area contributed by atoms with Gasteiger partial charge in [0.15, 0.2) is 0 Å². The van der Waals surface area contributed by atoms with Gasteiger partial charge in [0.25, 0.3) is 0 Å². The molecule has 18 heavy (non-hydrogen) atoms. The number of para-hydroxylation sites is 1. The number of nitrogens with zero attached hydrogens (tertiary/aromatic N) is 1. The topological polar surface area (TPSA) is 55.6 Å². The maximum atomic E-state index is 11.6. The average molecular weight is 248 g/mol. The van der Waals surface area contributed by atoms with Crippen LogP contribution >= 0.6 is 0 Å². The van der Waals surface area contributed by atoms with Crippen LogP contribution in [0.2, 0.25) is 0 Å². The molecule has 4 heteroatoms. The molecule has 0 spiro atoms. The fourth-order valence-corrected chi connectivity index (χ4v) is 2.43. The molecule has 0 saturated carbocycles. The summed E-state index contributed by atoms with van der Waals surface area (Å²) in [6, 6.07) is 5.55. The number of hydrogen-bond donors (Lipinski definition) is 1. The molecular weight excluding hydrogens is 228 g/mol. The highest BCUT2D eigenvalue weighted by Gasteiger charge is 2.17. The number of rotatable bonds is 2. The Kier molecular flexibility index (Phi) is 4.07. The molecule has 1 aliphatic heterocycles. The van der Waals surface area contributed by atoms with E-state index in [1.54, 1.807) is 6.07 Å². The predicted molar refractivity (Wildman–Crippen MR) is 72.9 cm³/mol. The van der Waals surface area contributed by atoms with E-state index in [1.165, 1.54) is 32.8 Å². The van der Waals surface area contributed by atoms with Crippen molar-refractivity contribution in [1.29, 1.82) is 0 Å². The molecule has 1 heterocycles. The number of nitrogens with two attached hydrogens (primary N) is 1. The van der Waals surface area contributed by atoms with Crippen molar-refractivity contribution < 1.29 is 9.53 Å². The Morgan fingerprint density at radius 2 is 1.89 bits per heavy atom. The molecule has 1 saturated heterocycles. The molecule has 1 aliphatic rings. The zero-order valence-corrected chi connectivity index (χ0v) is 10.8. The standard InChI is InChI=1S/C14H20N2O2/c1-18-14(17)11-7-6-8-12(13(11)15)16-9-4-2-3-5-10-16/h6-8H,2-5,9-10,15H2,1H3. The molecule has 0 aromatic heterocycles. The first-order chi connectivity index (χ1) is 8.74. The van der Waals surface area contributed by atoms with E-state index in [1.807, 2.05) is 12.1 Å². The minimum Gasteiger partial charge on any atom is -0.465 e. The second-order valence-electron chi connectivity index (χ2n) is 4.63. The highest BCUT2D eigenvalue weighted by molar-refractivity contribution is 5.98. The minimum atomic E-state index is -0.371. The molecule has 4 nitrogen and oxygen atoms in total. The fraction of sp³-hybridized carbons (Fsp3) is 0.500. The molecule has 0 amide bonds. The van der Waals surface area contributed by atoms with Crippen molar-refractivity contribution in [3.63, 3.8) is 0 Å². The number of carbonyl (C=O) groups excluding carboxylic acids is 1. The fourth-order valence-electron chi connectivity index (χ4n) is 2.43. The quantitative estimate of drug-likeness (QED) is 0.645. The lowest BCUT2D eigenvalue weighted by Gasteiger charge is -2.25. The van der Waals surface area contributed by atoms with Crippen molar-refractivity contribution in [2.24, 2.45) is 0 Å².